The van der Waals surface area contributed by atoms with E-state index in [1.807, 2.05) is 36.4 Å². The zero-order valence-electron chi connectivity index (χ0n) is 21.0. The van der Waals surface area contributed by atoms with Crippen LogP contribution in [0.15, 0.2) is 72.8 Å². The van der Waals surface area contributed by atoms with Crippen LogP contribution in [0.1, 0.15) is 93.1 Å². The molecule has 0 bridgehead atoms. The summed E-state index contributed by atoms with van der Waals surface area (Å²) in [5, 5.41) is 0. The summed E-state index contributed by atoms with van der Waals surface area (Å²) in [7, 11) is 0. The van der Waals surface area contributed by atoms with E-state index in [2.05, 4.69) is 50.2 Å². The Morgan fingerprint density at radius 3 is 1.53 bits per heavy atom. The van der Waals surface area contributed by atoms with Crippen LogP contribution < -0.4 is 4.74 Å². The zero-order chi connectivity index (χ0) is 24.0. The van der Waals surface area contributed by atoms with E-state index in [0.717, 1.165) is 18.4 Å². The monoisotopic (exact) mass is 456 g/mol. The minimum atomic E-state index is -0.318. The van der Waals surface area contributed by atoms with Crippen molar-refractivity contribution in [2.24, 2.45) is 0 Å². The van der Waals surface area contributed by atoms with E-state index in [1.54, 1.807) is 0 Å². The first-order valence-corrected chi connectivity index (χ1v) is 13.2. The van der Waals surface area contributed by atoms with Gasteiger partial charge in [-0.2, -0.15) is 0 Å². The molecule has 0 heterocycles. The molecule has 2 nitrogen and oxygen atoms in total. The average Bonchev–Trinajstić information content (AvgIpc) is 2.88. The van der Waals surface area contributed by atoms with Crippen molar-refractivity contribution in [2.45, 2.75) is 84.5 Å². The molecule has 0 saturated carbocycles. The summed E-state index contributed by atoms with van der Waals surface area (Å²) in [5.74, 6) is 0.277. The molecule has 0 saturated heterocycles. The number of aryl methyl sites for hydroxylation is 2. The van der Waals surface area contributed by atoms with Crippen LogP contribution in [0.5, 0.6) is 5.75 Å². The SMILES string of the molecule is CCCCCCCc1ccc(OC(=O)c2ccc(-c3ccc(CCCCCC)cc3)cc2)cc1. The van der Waals surface area contributed by atoms with Crippen LogP contribution in [0.25, 0.3) is 11.1 Å². The van der Waals surface area contributed by atoms with Crippen molar-refractivity contribution in [3.63, 3.8) is 0 Å². The molecule has 3 aromatic carbocycles. The molecule has 180 valence electrons. The number of esters is 1. The van der Waals surface area contributed by atoms with Crippen LogP contribution >= 0.6 is 0 Å². The van der Waals surface area contributed by atoms with Gasteiger partial charge in [-0.05, 0) is 72.2 Å². The Labute approximate surface area is 206 Å². The Hall–Kier alpha value is -2.87. The number of benzene rings is 3. The van der Waals surface area contributed by atoms with Crippen LogP contribution in [0.3, 0.4) is 0 Å². The summed E-state index contributed by atoms with van der Waals surface area (Å²) in [4.78, 5) is 12.6. The van der Waals surface area contributed by atoms with Crippen molar-refractivity contribution in [1.29, 1.82) is 0 Å². The molecular weight excluding hydrogens is 416 g/mol. The normalized spacial score (nSPS) is 10.9. The molecule has 0 spiro atoms. The molecule has 0 aliphatic carbocycles. The molecule has 0 fully saturated rings. The molecule has 0 aromatic heterocycles. The second-order valence-electron chi connectivity index (χ2n) is 9.28. The standard InChI is InChI=1S/C32H40O2/c1-3-5-7-9-11-13-27-16-24-31(25-17-27)34-32(33)30-22-20-29(21-23-30)28-18-14-26(15-19-28)12-10-8-6-4-2/h14-25H,3-13H2,1-2H3. The fourth-order valence-electron chi connectivity index (χ4n) is 4.24. The molecule has 0 radical (unpaired) electrons. The van der Waals surface area contributed by atoms with Gasteiger partial charge in [0.15, 0.2) is 0 Å². The Morgan fingerprint density at radius 1 is 0.559 bits per heavy atom. The van der Waals surface area contributed by atoms with Gasteiger partial charge in [-0.15, -0.1) is 0 Å². The molecule has 0 amide bonds. The fraction of sp³-hybridized carbons (Fsp3) is 0.406. The highest BCUT2D eigenvalue weighted by Gasteiger charge is 2.09. The highest BCUT2D eigenvalue weighted by molar-refractivity contribution is 5.91. The van der Waals surface area contributed by atoms with E-state index >= 15 is 0 Å². The van der Waals surface area contributed by atoms with Gasteiger partial charge in [0.05, 0.1) is 5.56 Å². The van der Waals surface area contributed by atoms with Crippen molar-refractivity contribution in [3.05, 3.63) is 89.5 Å². The van der Waals surface area contributed by atoms with E-state index in [9.17, 15) is 4.79 Å². The number of carbonyl (C=O) groups excluding carboxylic acids is 1. The van der Waals surface area contributed by atoms with E-state index in [-0.39, 0.29) is 5.97 Å². The van der Waals surface area contributed by atoms with Crippen LogP contribution in [0.4, 0.5) is 0 Å². The molecule has 0 aliphatic heterocycles. The Balaban J connectivity index is 1.49. The minimum Gasteiger partial charge on any atom is -0.423 e. The van der Waals surface area contributed by atoms with Crippen molar-refractivity contribution < 1.29 is 9.53 Å². The first-order chi connectivity index (χ1) is 16.7. The van der Waals surface area contributed by atoms with Crippen LogP contribution in [0, 0.1) is 0 Å². The maximum Gasteiger partial charge on any atom is 0.343 e. The maximum atomic E-state index is 12.6. The van der Waals surface area contributed by atoms with Crippen molar-refractivity contribution in [1.82, 2.24) is 0 Å². The molecular formula is C32H40O2. The van der Waals surface area contributed by atoms with Gasteiger partial charge < -0.3 is 4.74 Å². The largest absolute Gasteiger partial charge is 0.423 e. The molecule has 0 atom stereocenters. The van der Waals surface area contributed by atoms with E-state index in [1.165, 1.54) is 74.5 Å². The van der Waals surface area contributed by atoms with Crippen molar-refractivity contribution in [2.75, 3.05) is 0 Å². The number of hydrogen-bond donors (Lipinski definition) is 0. The quantitative estimate of drug-likeness (QED) is 0.137. The van der Waals surface area contributed by atoms with Gasteiger partial charge in [0, 0.05) is 0 Å². The molecule has 0 unspecified atom stereocenters. The van der Waals surface area contributed by atoms with Crippen molar-refractivity contribution >= 4 is 5.97 Å². The molecule has 0 aliphatic rings. The second-order valence-corrected chi connectivity index (χ2v) is 9.28. The highest BCUT2D eigenvalue weighted by atomic mass is 16.5. The summed E-state index contributed by atoms with van der Waals surface area (Å²) >= 11 is 0. The number of carbonyl (C=O) groups is 1. The molecule has 34 heavy (non-hydrogen) atoms. The van der Waals surface area contributed by atoms with Crippen LogP contribution in [-0.4, -0.2) is 5.97 Å². The summed E-state index contributed by atoms with van der Waals surface area (Å²) in [6.07, 6.45) is 13.8. The van der Waals surface area contributed by atoms with Gasteiger partial charge in [0.1, 0.15) is 5.75 Å². The maximum absolute atomic E-state index is 12.6. The summed E-state index contributed by atoms with van der Waals surface area (Å²) in [6, 6.07) is 24.4. The molecule has 2 heteroatoms. The summed E-state index contributed by atoms with van der Waals surface area (Å²) < 4.78 is 5.59. The lowest BCUT2D eigenvalue weighted by molar-refractivity contribution is 0.0734. The number of unbranched alkanes of at least 4 members (excludes halogenated alkanes) is 7. The summed E-state index contributed by atoms with van der Waals surface area (Å²) in [6.45, 7) is 4.48. The van der Waals surface area contributed by atoms with Gasteiger partial charge in [0.25, 0.3) is 0 Å². The highest BCUT2D eigenvalue weighted by Crippen LogP contribution is 2.22. The first kappa shape index (κ1) is 25.7. The molecule has 3 rings (SSSR count). The third kappa shape index (κ3) is 8.48. The fourth-order valence-corrected chi connectivity index (χ4v) is 4.24. The van der Waals surface area contributed by atoms with Gasteiger partial charge in [0.2, 0.25) is 0 Å². The van der Waals surface area contributed by atoms with Gasteiger partial charge in [-0.25, -0.2) is 4.79 Å². The van der Waals surface area contributed by atoms with E-state index in [4.69, 9.17) is 4.74 Å². The third-order valence-corrected chi connectivity index (χ3v) is 6.43. The molecule has 3 aromatic rings. The van der Waals surface area contributed by atoms with E-state index in [0.29, 0.717) is 11.3 Å². The Morgan fingerprint density at radius 2 is 1.00 bits per heavy atom. The predicted octanol–water partition coefficient (Wildman–Crippen LogP) is 9.21. The minimum absolute atomic E-state index is 0.318. The van der Waals surface area contributed by atoms with Gasteiger partial charge in [-0.3, -0.25) is 0 Å². The van der Waals surface area contributed by atoms with E-state index < -0.39 is 0 Å². The third-order valence-electron chi connectivity index (χ3n) is 6.43. The van der Waals surface area contributed by atoms with Crippen molar-refractivity contribution in [3.8, 4) is 16.9 Å². The molecule has 0 N–H and O–H groups in total. The lowest BCUT2D eigenvalue weighted by atomic mass is 10.0. The lowest BCUT2D eigenvalue weighted by Crippen LogP contribution is -2.08. The number of ether oxygens (including phenoxy) is 1. The predicted molar refractivity (Wildman–Crippen MR) is 144 cm³/mol. The first-order valence-electron chi connectivity index (χ1n) is 13.2. The summed E-state index contributed by atoms with van der Waals surface area (Å²) in [5.41, 5.74) is 5.53. The van der Waals surface area contributed by atoms with Gasteiger partial charge in [-0.1, -0.05) is 107 Å². The second kappa shape index (κ2) is 14.4. The smallest absolute Gasteiger partial charge is 0.343 e. The Kier molecular flexibility index (Phi) is 10.9. The number of hydrogen-bond acceptors (Lipinski definition) is 2. The van der Waals surface area contributed by atoms with Crippen LogP contribution in [-0.2, 0) is 12.8 Å². The van der Waals surface area contributed by atoms with Gasteiger partial charge >= 0.3 is 5.97 Å². The topological polar surface area (TPSA) is 26.3 Å². The number of rotatable bonds is 14. The lowest BCUT2D eigenvalue weighted by Gasteiger charge is -2.08. The Bertz CT molecular complexity index is 969. The van der Waals surface area contributed by atoms with Crippen LogP contribution in [0.2, 0.25) is 0 Å². The zero-order valence-corrected chi connectivity index (χ0v) is 21.0. The average molecular weight is 457 g/mol.